The van der Waals surface area contributed by atoms with Gasteiger partial charge < -0.3 is 10.1 Å². The number of aromatic nitrogens is 3. The van der Waals surface area contributed by atoms with Crippen LogP contribution in [0.2, 0.25) is 0 Å². The summed E-state index contributed by atoms with van der Waals surface area (Å²) in [6.07, 6.45) is 2.36. The van der Waals surface area contributed by atoms with Gasteiger partial charge in [-0.25, -0.2) is 4.79 Å². The summed E-state index contributed by atoms with van der Waals surface area (Å²) in [6, 6.07) is 19.5. The van der Waals surface area contributed by atoms with E-state index in [2.05, 4.69) is 15.2 Å². The minimum absolute atomic E-state index is 0.171. The van der Waals surface area contributed by atoms with Crippen LogP contribution in [0, 0.1) is 0 Å². The normalized spacial score (nSPS) is 14.1. The highest BCUT2D eigenvalue weighted by molar-refractivity contribution is 7.09. The van der Waals surface area contributed by atoms with Gasteiger partial charge in [0, 0.05) is 61.5 Å². The number of nitrogens with zero attached hydrogens (tertiary/aromatic N) is 4. The van der Waals surface area contributed by atoms with Crippen molar-refractivity contribution in [1.82, 2.24) is 24.3 Å². The quantitative estimate of drug-likeness (QED) is 0.350. The smallest absolute Gasteiger partial charge is 0.329 e. The molecule has 8 nitrogen and oxygen atoms in total. The third kappa shape index (κ3) is 6.07. The first kappa shape index (κ1) is 25.1. The molecule has 1 N–H and O–H groups in total. The Hall–Kier alpha value is -3.53. The fourth-order valence-corrected chi connectivity index (χ4v) is 5.32. The van der Waals surface area contributed by atoms with Gasteiger partial charge in [0.25, 0.3) is 5.91 Å². The van der Waals surface area contributed by atoms with Crippen LogP contribution in [-0.2, 0) is 24.2 Å². The van der Waals surface area contributed by atoms with E-state index in [1.54, 1.807) is 26.7 Å². The highest BCUT2D eigenvalue weighted by atomic mass is 32.1. The molecule has 1 fully saturated rings. The van der Waals surface area contributed by atoms with Crippen LogP contribution in [0.1, 0.15) is 21.1 Å². The zero-order valence-electron chi connectivity index (χ0n) is 20.7. The summed E-state index contributed by atoms with van der Waals surface area (Å²) in [5, 5.41) is 5.06. The molecule has 0 bridgehead atoms. The lowest BCUT2D eigenvalue weighted by Gasteiger charge is -2.26. The molecule has 1 aliphatic heterocycles. The molecule has 1 saturated heterocycles. The molecule has 0 radical (unpaired) electrons. The summed E-state index contributed by atoms with van der Waals surface area (Å²) in [6.45, 7) is 4.96. The molecule has 1 amide bonds. The fourth-order valence-electron chi connectivity index (χ4n) is 4.62. The summed E-state index contributed by atoms with van der Waals surface area (Å²) in [5.41, 5.74) is 2.64. The first-order valence-corrected chi connectivity index (χ1v) is 13.5. The van der Waals surface area contributed by atoms with E-state index >= 15 is 0 Å². The Labute approximate surface area is 220 Å². The van der Waals surface area contributed by atoms with Crippen molar-refractivity contribution in [1.29, 1.82) is 0 Å². The SMILES string of the molecule is O=C(NCCc1ccccn1)c1c(-c2ccccc2)n(Cc2cccs2)c(=O)n1CCN1CCOCC1. The Bertz CT molecular complexity index is 1340. The predicted molar refractivity (Wildman–Crippen MR) is 145 cm³/mol. The fraction of sp³-hybridized carbons (Fsp3) is 0.321. The summed E-state index contributed by atoms with van der Waals surface area (Å²) in [5.74, 6) is -0.251. The second-order valence-electron chi connectivity index (χ2n) is 8.94. The van der Waals surface area contributed by atoms with E-state index in [9.17, 15) is 9.59 Å². The van der Waals surface area contributed by atoms with Crippen molar-refractivity contribution >= 4 is 17.2 Å². The van der Waals surface area contributed by atoms with Gasteiger partial charge >= 0.3 is 5.69 Å². The zero-order valence-corrected chi connectivity index (χ0v) is 21.5. The van der Waals surface area contributed by atoms with E-state index < -0.39 is 0 Å². The van der Waals surface area contributed by atoms with Crippen molar-refractivity contribution < 1.29 is 9.53 Å². The molecule has 0 spiro atoms. The number of hydrogen-bond donors (Lipinski definition) is 1. The van der Waals surface area contributed by atoms with Crippen LogP contribution in [-0.4, -0.2) is 64.3 Å². The third-order valence-electron chi connectivity index (χ3n) is 6.52. The molecule has 0 saturated carbocycles. The Balaban J connectivity index is 1.51. The number of rotatable bonds is 10. The standard InChI is InChI=1S/C28H31N5O3S/c34-27(30-13-11-23-9-4-5-12-29-23)26-25(22-7-2-1-3-8-22)33(21-24-10-6-20-37-24)28(35)32(26)15-14-31-16-18-36-19-17-31/h1-10,12,20H,11,13-19,21H2,(H,30,34). The van der Waals surface area contributed by atoms with Crippen LogP contribution < -0.4 is 11.0 Å². The third-order valence-corrected chi connectivity index (χ3v) is 7.38. The Morgan fingerprint density at radius 1 is 0.973 bits per heavy atom. The predicted octanol–water partition coefficient (Wildman–Crippen LogP) is 3.13. The van der Waals surface area contributed by atoms with Crippen molar-refractivity contribution in [3.05, 3.63) is 99.0 Å². The van der Waals surface area contributed by atoms with Crippen LogP contribution in [0.15, 0.2) is 77.0 Å². The molecule has 1 aliphatic rings. The van der Waals surface area contributed by atoms with E-state index in [4.69, 9.17) is 4.74 Å². The summed E-state index contributed by atoms with van der Waals surface area (Å²) in [4.78, 5) is 35.3. The van der Waals surface area contributed by atoms with Gasteiger partial charge in [-0.15, -0.1) is 11.3 Å². The van der Waals surface area contributed by atoms with E-state index in [0.717, 1.165) is 29.2 Å². The number of carbonyl (C=O) groups is 1. The molecule has 9 heteroatoms. The Morgan fingerprint density at radius 2 is 1.78 bits per heavy atom. The molecular weight excluding hydrogens is 486 g/mol. The molecule has 4 heterocycles. The number of nitrogens with one attached hydrogen (secondary N) is 1. The minimum atomic E-state index is -0.251. The van der Waals surface area contributed by atoms with E-state index in [-0.39, 0.29) is 11.6 Å². The zero-order chi connectivity index (χ0) is 25.5. The average molecular weight is 518 g/mol. The van der Waals surface area contributed by atoms with Gasteiger partial charge in [-0.3, -0.25) is 23.8 Å². The van der Waals surface area contributed by atoms with Gasteiger partial charge in [-0.05, 0) is 23.6 Å². The lowest BCUT2D eigenvalue weighted by molar-refractivity contribution is 0.0361. The van der Waals surface area contributed by atoms with Gasteiger partial charge in [-0.2, -0.15) is 0 Å². The molecular formula is C28H31N5O3S. The second-order valence-corrected chi connectivity index (χ2v) is 9.98. The number of imidazole rings is 1. The minimum Gasteiger partial charge on any atom is -0.379 e. The summed E-state index contributed by atoms with van der Waals surface area (Å²) in [7, 11) is 0. The number of pyridine rings is 1. The topological polar surface area (TPSA) is 81.4 Å². The first-order valence-electron chi connectivity index (χ1n) is 12.6. The molecule has 0 atom stereocenters. The Morgan fingerprint density at radius 3 is 2.51 bits per heavy atom. The highest BCUT2D eigenvalue weighted by Gasteiger charge is 2.27. The van der Waals surface area contributed by atoms with Gasteiger partial charge in [0.05, 0.1) is 25.5 Å². The van der Waals surface area contributed by atoms with Crippen LogP contribution >= 0.6 is 11.3 Å². The van der Waals surface area contributed by atoms with Gasteiger partial charge in [-0.1, -0.05) is 42.5 Å². The van der Waals surface area contributed by atoms with Gasteiger partial charge in [0.2, 0.25) is 0 Å². The van der Waals surface area contributed by atoms with Crippen LogP contribution in [0.25, 0.3) is 11.3 Å². The molecule has 1 aromatic carbocycles. The summed E-state index contributed by atoms with van der Waals surface area (Å²) < 4.78 is 8.87. The number of hydrogen-bond acceptors (Lipinski definition) is 6. The molecule has 5 rings (SSSR count). The second kappa shape index (κ2) is 12.1. The van der Waals surface area contributed by atoms with Gasteiger partial charge in [0.15, 0.2) is 0 Å². The molecule has 37 heavy (non-hydrogen) atoms. The molecule has 4 aromatic rings. The molecule has 192 valence electrons. The molecule has 3 aromatic heterocycles. The van der Waals surface area contributed by atoms with Crippen molar-refractivity contribution in [3.63, 3.8) is 0 Å². The summed E-state index contributed by atoms with van der Waals surface area (Å²) >= 11 is 1.60. The van der Waals surface area contributed by atoms with Crippen molar-refractivity contribution in [3.8, 4) is 11.3 Å². The van der Waals surface area contributed by atoms with Crippen LogP contribution in [0.3, 0.4) is 0 Å². The lowest BCUT2D eigenvalue weighted by atomic mass is 10.1. The Kier molecular flexibility index (Phi) is 8.25. The largest absolute Gasteiger partial charge is 0.379 e. The van der Waals surface area contributed by atoms with Crippen LogP contribution in [0.4, 0.5) is 0 Å². The van der Waals surface area contributed by atoms with Crippen molar-refractivity contribution in [2.45, 2.75) is 19.5 Å². The number of carbonyl (C=O) groups excluding carboxylic acids is 1. The number of benzene rings is 1. The maximum atomic E-state index is 13.9. The van der Waals surface area contributed by atoms with Gasteiger partial charge in [0.1, 0.15) is 5.69 Å². The maximum Gasteiger partial charge on any atom is 0.329 e. The number of thiophene rings is 1. The monoisotopic (exact) mass is 517 g/mol. The highest BCUT2D eigenvalue weighted by Crippen LogP contribution is 2.25. The van der Waals surface area contributed by atoms with Crippen LogP contribution in [0.5, 0.6) is 0 Å². The van der Waals surface area contributed by atoms with E-state index in [1.807, 2.05) is 66.0 Å². The first-order chi connectivity index (χ1) is 18.2. The van der Waals surface area contributed by atoms with Crippen molar-refractivity contribution in [2.75, 3.05) is 39.4 Å². The maximum absolute atomic E-state index is 13.9. The molecule has 0 unspecified atom stereocenters. The average Bonchev–Trinajstić information content (AvgIpc) is 3.55. The molecule has 0 aliphatic carbocycles. The van der Waals surface area contributed by atoms with E-state index in [0.29, 0.717) is 57.2 Å². The van der Waals surface area contributed by atoms with Crippen molar-refractivity contribution in [2.24, 2.45) is 0 Å². The van der Waals surface area contributed by atoms with E-state index in [1.165, 1.54) is 0 Å². The lowest BCUT2D eigenvalue weighted by Crippen LogP contribution is -2.40. The number of morpholine rings is 1. The number of ether oxygens (including phenoxy) is 1. The number of amides is 1.